The molecule has 3 rings (SSSR count). The number of anilines is 1. The molecule has 0 aliphatic carbocycles. The first-order chi connectivity index (χ1) is 14.1. The molecule has 0 radical (unpaired) electrons. The monoisotopic (exact) mass is 449 g/mol. The van der Waals surface area contributed by atoms with E-state index in [2.05, 4.69) is 4.72 Å². The van der Waals surface area contributed by atoms with Gasteiger partial charge in [-0.1, -0.05) is 23.7 Å². The number of piperidine rings is 1. The highest BCUT2D eigenvalue weighted by atomic mass is 35.5. The fourth-order valence-corrected chi connectivity index (χ4v) is 5.09. The number of aryl methyl sites for hydroxylation is 2. The Bertz CT molecular complexity index is 1090. The van der Waals surface area contributed by atoms with Crippen molar-refractivity contribution >= 4 is 39.1 Å². The van der Waals surface area contributed by atoms with E-state index < -0.39 is 10.0 Å². The Labute approximate surface area is 181 Å². The summed E-state index contributed by atoms with van der Waals surface area (Å²) in [5, 5.41) is 0.0248. The van der Waals surface area contributed by atoms with Gasteiger partial charge in [0.2, 0.25) is 5.91 Å². The molecule has 30 heavy (non-hydrogen) atoms. The van der Waals surface area contributed by atoms with Crippen molar-refractivity contribution in [3.05, 3.63) is 58.1 Å². The molecular weight excluding hydrogens is 426 g/mol. The average Bonchev–Trinajstić information content (AvgIpc) is 2.70. The van der Waals surface area contributed by atoms with Crippen molar-refractivity contribution in [2.24, 2.45) is 11.7 Å². The fraction of sp³-hybridized carbons (Fsp3) is 0.333. The van der Waals surface area contributed by atoms with Crippen LogP contribution < -0.4 is 10.5 Å². The SMILES string of the molecule is Cc1ccc(C)c(NS(=O)(=O)c2cc(C(=O)N3CCC(C(N)=O)CC3)ccc2Cl)c1. The molecule has 1 heterocycles. The van der Waals surface area contributed by atoms with Crippen molar-refractivity contribution in [1.82, 2.24) is 4.90 Å². The van der Waals surface area contributed by atoms with Crippen LogP contribution in [0.25, 0.3) is 0 Å². The van der Waals surface area contributed by atoms with E-state index in [0.717, 1.165) is 11.1 Å². The standard InChI is InChI=1S/C21H24ClN3O4S/c1-13-3-4-14(2)18(11-13)24-30(28,29)19-12-16(5-6-17(19)22)21(27)25-9-7-15(8-10-25)20(23)26/h3-6,11-12,15,24H,7-10H2,1-2H3,(H2,23,26). The second kappa shape index (κ2) is 8.65. The van der Waals surface area contributed by atoms with Crippen molar-refractivity contribution in [3.63, 3.8) is 0 Å². The molecule has 9 heteroatoms. The molecule has 1 fully saturated rings. The van der Waals surface area contributed by atoms with Crippen molar-refractivity contribution in [2.45, 2.75) is 31.6 Å². The molecule has 2 aromatic rings. The van der Waals surface area contributed by atoms with Crippen LogP contribution in [0.1, 0.15) is 34.3 Å². The van der Waals surface area contributed by atoms with Crippen LogP contribution in [0.2, 0.25) is 5.02 Å². The Morgan fingerprint density at radius 1 is 1.10 bits per heavy atom. The van der Waals surface area contributed by atoms with E-state index >= 15 is 0 Å². The summed E-state index contributed by atoms with van der Waals surface area (Å²) in [4.78, 5) is 25.6. The van der Waals surface area contributed by atoms with E-state index in [1.54, 1.807) is 17.9 Å². The predicted octanol–water partition coefficient (Wildman–Crippen LogP) is 3.10. The zero-order valence-corrected chi connectivity index (χ0v) is 18.4. The maximum absolute atomic E-state index is 13.0. The maximum atomic E-state index is 13.0. The molecule has 160 valence electrons. The first kappa shape index (κ1) is 22.1. The normalized spacial score (nSPS) is 15.1. The number of nitrogens with one attached hydrogen (secondary N) is 1. The smallest absolute Gasteiger partial charge is 0.263 e. The molecule has 7 nitrogen and oxygen atoms in total. The minimum atomic E-state index is -4.00. The van der Waals surface area contributed by atoms with Crippen LogP contribution in [0.4, 0.5) is 5.69 Å². The lowest BCUT2D eigenvalue weighted by molar-refractivity contribution is -0.123. The van der Waals surface area contributed by atoms with Crippen molar-refractivity contribution in [2.75, 3.05) is 17.8 Å². The number of likely N-dealkylation sites (tertiary alicyclic amines) is 1. The summed E-state index contributed by atoms with van der Waals surface area (Å²) in [5.41, 5.74) is 7.69. The highest BCUT2D eigenvalue weighted by Crippen LogP contribution is 2.28. The highest BCUT2D eigenvalue weighted by molar-refractivity contribution is 7.92. The maximum Gasteiger partial charge on any atom is 0.263 e. The Hall–Kier alpha value is -2.58. The van der Waals surface area contributed by atoms with E-state index in [1.807, 2.05) is 19.1 Å². The summed E-state index contributed by atoms with van der Waals surface area (Å²) in [5.74, 6) is -0.908. The van der Waals surface area contributed by atoms with E-state index in [1.165, 1.54) is 18.2 Å². The first-order valence-corrected chi connectivity index (χ1v) is 11.4. The van der Waals surface area contributed by atoms with E-state index in [9.17, 15) is 18.0 Å². The number of benzene rings is 2. The molecule has 0 unspecified atom stereocenters. The molecule has 2 amide bonds. The number of nitrogens with zero attached hydrogens (tertiary/aromatic N) is 1. The van der Waals surface area contributed by atoms with E-state index in [4.69, 9.17) is 17.3 Å². The van der Waals surface area contributed by atoms with Gasteiger partial charge < -0.3 is 10.6 Å². The van der Waals surface area contributed by atoms with Gasteiger partial charge in [-0.05, 0) is 62.1 Å². The van der Waals surface area contributed by atoms with Crippen molar-refractivity contribution in [3.8, 4) is 0 Å². The number of halogens is 1. The second-order valence-corrected chi connectivity index (χ2v) is 9.60. The number of rotatable bonds is 5. The number of amides is 2. The number of sulfonamides is 1. The number of nitrogens with two attached hydrogens (primary N) is 1. The van der Waals surface area contributed by atoms with Gasteiger partial charge in [0.05, 0.1) is 10.7 Å². The highest BCUT2D eigenvalue weighted by Gasteiger charge is 2.28. The molecule has 0 spiro atoms. The zero-order chi connectivity index (χ0) is 22.1. The van der Waals surface area contributed by atoms with Crippen LogP contribution in [-0.2, 0) is 14.8 Å². The average molecular weight is 450 g/mol. The minimum Gasteiger partial charge on any atom is -0.369 e. The minimum absolute atomic E-state index is 0.0248. The lowest BCUT2D eigenvalue weighted by Crippen LogP contribution is -2.41. The van der Waals surface area contributed by atoms with Gasteiger partial charge in [0, 0.05) is 24.6 Å². The number of primary amides is 1. The first-order valence-electron chi connectivity index (χ1n) is 9.56. The van der Waals surface area contributed by atoms with Crippen LogP contribution in [0.5, 0.6) is 0 Å². The lowest BCUT2D eigenvalue weighted by Gasteiger charge is -2.30. The molecule has 2 aromatic carbocycles. The van der Waals surface area contributed by atoms with Gasteiger partial charge in [-0.3, -0.25) is 14.3 Å². The van der Waals surface area contributed by atoms with Crippen LogP contribution in [0, 0.1) is 19.8 Å². The van der Waals surface area contributed by atoms with Gasteiger partial charge in [-0.25, -0.2) is 8.42 Å². The van der Waals surface area contributed by atoms with Gasteiger partial charge in [-0.15, -0.1) is 0 Å². The van der Waals surface area contributed by atoms with Gasteiger partial charge in [0.1, 0.15) is 4.90 Å². The number of carbonyl (C=O) groups excluding carboxylic acids is 2. The Kier molecular flexibility index (Phi) is 6.38. The molecule has 1 aliphatic rings. The predicted molar refractivity (Wildman–Crippen MR) is 116 cm³/mol. The Morgan fingerprint density at radius 3 is 2.40 bits per heavy atom. The Balaban J connectivity index is 1.85. The third-order valence-corrected chi connectivity index (χ3v) is 7.14. The van der Waals surface area contributed by atoms with Gasteiger partial charge in [0.25, 0.3) is 15.9 Å². The number of hydrogen-bond acceptors (Lipinski definition) is 4. The molecule has 1 aliphatic heterocycles. The van der Waals surface area contributed by atoms with Gasteiger partial charge in [0.15, 0.2) is 0 Å². The van der Waals surface area contributed by atoms with Crippen LogP contribution in [-0.4, -0.2) is 38.2 Å². The topological polar surface area (TPSA) is 110 Å². The van der Waals surface area contributed by atoms with Crippen LogP contribution in [0.15, 0.2) is 41.3 Å². The van der Waals surface area contributed by atoms with Crippen LogP contribution >= 0.6 is 11.6 Å². The van der Waals surface area contributed by atoms with Crippen LogP contribution in [0.3, 0.4) is 0 Å². The largest absolute Gasteiger partial charge is 0.369 e. The summed E-state index contributed by atoms with van der Waals surface area (Å²) in [7, 11) is -4.00. The summed E-state index contributed by atoms with van der Waals surface area (Å²) in [6.07, 6.45) is 0.988. The Morgan fingerprint density at radius 2 is 1.77 bits per heavy atom. The molecule has 3 N–H and O–H groups in total. The second-order valence-electron chi connectivity index (χ2n) is 7.54. The third kappa shape index (κ3) is 4.76. The summed E-state index contributed by atoms with van der Waals surface area (Å²) >= 11 is 6.17. The summed E-state index contributed by atoms with van der Waals surface area (Å²) in [6, 6.07) is 9.65. The van der Waals surface area contributed by atoms with E-state index in [-0.39, 0.29) is 33.2 Å². The summed E-state index contributed by atoms with van der Waals surface area (Å²) in [6.45, 7) is 4.44. The van der Waals surface area contributed by atoms with E-state index in [0.29, 0.717) is 31.6 Å². The molecule has 0 saturated carbocycles. The summed E-state index contributed by atoms with van der Waals surface area (Å²) < 4.78 is 28.5. The molecule has 0 atom stereocenters. The van der Waals surface area contributed by atoms with Crippen molar-refractivity contribution < 1.29 is 18.0 Å². The number of hydrogen-bond donors (Lipinski definition) is 2. The third-order valence-electron chi connectivity index (χ3n) is 5.29. The lowest BCUT2D eigenvalue weighted by atomic mass is 9.96. The van der Waals surface area contributed by atoms with Crippen molar-refractivity contribution in [1.29, 1.82) is 0 Å². The molecule has 1 saturated heterocycles. The fourth-order valence-electron chi connectivity index (χ4n) is 3.44. The number of carbonyl (C=O) groups is 2. The molecular formula is C21H24ClN3O4S. The quantitative estimate of drug-likeness (QED) is 0.730. The molecule has 0 bridgehead atoms. The zero-order valence-electron chi connectivity index (χ0n) is 16.8. The molecule has 0 aromatic heterocycles. The van der Waals surface area contributed by atoms with Gasteiger partial charge in [-0.2, -0.15) is 0 Å². The van der Waals surface area contributed by atoms with Gasteiger partial charge >= 0.3 is 0 Å².